The molecule has 4 nitrogen and oxygen atoms in total. The van der Waals surface area contributed by atoms with Gasteiger partial charge >= 0.3 is 5.97 Å². The van der Waals surface area contributed by atoms with Crippen molar-refractivity contribution < 1.29 is 14.7 Å². The van der Waals surface area contributed by atoms with Crippen molar-refractivity contribution in [2.75, 3.05) is 0 Å². The fourth-order valence-corrected chi connectivity index (χ4v) is 2.66. The lowest BCUT2D eigenvalue weighted by Gasteiger charge is -2.23. The minimum atomic E-state index is -0.828. The van der Waals surface area contributed by atoms with Crippen LogP contribution < -0.4 is 0 Å². The molecule has 0 saturated heterocycles. The molecule has 1 N–H and O–H groups in total. The number of benzene rings is 1. The maximum Gasteiger partial charge on any atom is 0.307 e. The van der Waals surface area contributed by atoms with Crippen molar-refractivity contribution in [3.05, 3.63) is 35.4 Å². The standard InChI is InChI=1S/C13H13NO3/c15-12(16)7-11-10-6-5-8-3-1-2-4-9(8)13(10)14-17-11/h1-4,10-11H,5-7H2,(H,15,16)/t10-,11-/m1/s1. The summed E-state index contributed by atoms with van der Waals surface area (Å²) < 4.78 is 0. The van der Waals surface area contributed by atoms with E-state index in [1.165, 1.54) is 5.56 Å². The Morgan fingerprint density at radius 2 is 2.29 bits per heavy atom. The molecule has 0 aromatic heterocycles. The van der Waals surface area contributed by atoms with Crippen molar-refractivity contribution in [2.24, 2.45) is 11.1 Å². The van der Waals surface area contributed by atoms with Gasteiger partial charge in [-0.2, -0.15) is 0 Å². The van der Waals surface area contributed by atoms with Gasteiger partial charge in [0.15, 0.2) is 0 Å². The molecule has 0 unspecified atom stereocenters. The van der Waals surface area contributed by atoms with Gasteiger partial charge in [-0.05, 0) is 18.4 Å². The molecule has 2 aliphatic rings. The van der Waals surface area contributed by atoms with E-state index in [9.17, 15) is 4.79 Å². The van der Waals surface area contributed by atoms with Crippen molar-refractivity contribution >= 4 is 11.7 Å². The van der Waals surface area contributed by atoms with E-state index in [1.54, 1.807) is 0 Å². The molecule has 88 valence electrons. The minimum absolute atomic E-state index is 0.0276. The second-order valence-corrected chi connectivity index (χ2v) is 4.52. The van der Waals surface area contributed by atoms with Crippen LogP contribution in [0.15, 0.2) is 29.4 Å². The van der Waals surface area contributed by atoms with E-state index in [4.69, 9.17) is 9.94 Å². The van der Waals surface area contributed by atoms with Crippen LogP contribution in [-0.4, -0.2) is 22.9 Å². The number of carbonyl (C=O) groups is 1. The summed E-state index contributed by atoms with van der Waals surface area (Å²) in [7, 11) is 0. The Hall–Kier alpha value is -1.84. The van der Waals surface area contributed by atoms with Crippen molar-refractivity contribution in [1.29, 1.82) is 0 Å². The predicted molar refractivity (Wildman–Crippen MR) is 61.9 cm³/mol. The highest BCUT2D eigenvalue weighted by Gasteiger charge is 2.39. The van der Waals surface area contributed by atoms with Gasteiger partial charge in [-0.1, -0.05) is 29.4 Å². The molecule has 2 atom stereocenters. The first kappa shape index (κ1) is 10.3. The van der Waals surface area contributed by atoms with Crippen LogP contribution >= 0.6 is 0 Å². The molecule has 0 saturated carbocycles. The smallest absolute Gasteiger partial charge is 0.307 e. The molecule has 17 heavy (non-hydrogen) atoms. The van der Waals surface area contributed by atoms with Crippen LogP contribution in [0.25, 0.3) is 0 Å². The number of oxime groups is 1. The Morgan fingerprint density at radius 1 is 1.47 bits per heavy atom. The number of carboxylic acid groups (broad SMARTS) is 1. The second kappa shape index (κ2) is 3.87. The van der Waals surface area contributed by atoms with Crippen LogP contribution in [0.2, 0.25) is 0 Å². The quantitative estimate of drug-likeness (QED) is 0.844. The van der Waals surface area contributed by atoms with Crippen LogP contribution in [0.3, 0.4) is 0 Å². The number of hydrogen-bond acceptors (Lipinski definition) is 3. The van der Waals surface area contributed by atoms with Gasteiger partial charge in [0.25, 0.3) is 0 Å². The van der Waals surface area contributed by atoms with Crippen molar-refractivity contribution in [3.63, 3.8) is 0 Å². The first-order valence-corrected chi connectivity index (χ1v) is 5.79. The zero-order valence-corrected chi connectivity index (χ0v) is 9.30. The average molecular weight is 231 g/mol. The molecule has 1 aromatic carbocycles. The van der Waals surface area contributed by atoms with Crippen LogP contribution in [0.5, 0.6) is 0 Å². The molecule has 0 radical (unpaired) electrons. The van der Waals surface area contributed by atoms with E-state index in [0.717, 1.165) is 24.1 Å². The van der Waals surface area contributed by atoms with Crippen molar-refractivity contribution in [3.8, 4) is 0 Å². The molecule has 1 aliphatic heterocycles. The van der Waals surface area contributed by atoms with Gasteiger partial charge in [0.1, 0.15) is 6.10 Å². The Balaban J connectivity index is 1.90. The number of fused-ring (bicyclic) bond motifs is 3. The first-order chi connectivity index (χ1) is 8.25. The predicted octanol–water partition coefficient (Wildman–Crippen LogP) is 1.83. The highest BCUT2D eigenvalue weighted by molar-refractivity contribution is 6.05. The molecule has 1 heterocycles. The van der Waals surface area contributed by atoms with Gasteiger partial charge in [0.05, 0.1) is 12.1 Å². The number of aliphatic carboxylic acids is 1. The van der Waals surface area contributed by atoms with Crippen molar-refractivity contribution in [2.45, 2.75) is 25.4 Å². The van der Waals surface area contributed by atoms with E-state index in [2.05, 4.69) is 11.2 Å². The highest BCUT2D eigenvalue weighted by atomic mass is 16.6. The summed E-state index contributed by atoms with van der Waals surface area (Å²) in [5.74, 6) is -0.689. The van der Waals surface area contributed by atoms with E-state index in [-0.39, 0.29) is 18.4 Å². The summed E-state index contributed by atoms with van der Waals surface area (Å²) in [5.41, 5.74) is 3.33. The summed E-state index contributed by atoms with van der Waals surface area (Å²) in [6, 6.07) is 8.13. The minimum Gasteiger partial charge on any atom is -0.481 e. The van der Waals surface area contributed by atoms with E-state index < -0.39 is 5.97 Å². The molecule has 0 amide bonds. The third-order valence-electron chi connectivity index (χ3n) is 3.48. The molecule has 4 heteroatoms. The number of aryl methyl sites for hydroxylation is 1. The van der Waals surface area contributed by atoms with E-state index in [0.29, 0.717) is 0 Å². The maximum atomic E-state index is 10.7. The lowest BCUT2D eigenvalue weighted by Crippen LogP contribution is -2.30. The lowest BCUT2D eigenvalue weighted by atomic mass is 9.79. The first-order valence-electron chi connectivity index (χ1n) is 5.79. The van der Waals surface area contributed by atoms with Gasteiger partial charge in [0, 0.05) is 11.5 Å². The number of nitrogens with zero attached hydrogens (tertiary/aromatic N) is 1. The molecule has 0 fully saturated rings. The molecule has 0 bridgehead atoms. The highest BCUT2D eigenvalue weighted by Crippen LogP contribution is 2.34. The zero-order valence-electron chi connectivity index (χ0n) is 9.30. The SMILES string of the molecule is O=C(O)C[C@H]1ON=C2c3ccccc3CC[C@@H]21. The van der Waals surface area contributed by atoms with E-state index >= 15 is 0 Å². The van der Waals surface area contributed by atoms with Gasteiger partial charge in [-0.3, -0.25) is 4.79 Å². The topological polar surface area (TPSA) is 58.9 Å². The fraction of sp³-hybridized carbons (Fsp3) is 0.385. The normalized spacial score (nSPS) is 25.5. The average Bonchev–Trinajstić information content (AvgIpc) is 2.72. The van der Waals surface area contributed by atoms with Crippen LogP contribution in [0, 0.1) is 5.92 Å². The number of rotatable bonds is 2. The molecule has 1 aliphatic carbocycles. The second-order valence-electron chi connectivity index (χ2n) is 4.52. The Labute approximate surface area is 98.9 Å². The molecule has 0 spiro atoms. The Kier molecular flexibility index (Phi) is 2.35. The fourth-order valence-electron chi connectivity index (χ4n) is 2.66. The molecular formula is C13H13NO3. The van der Waals surface area contributed by atoms with Gasteiger partial charge in [-0.15, -0.1) is 0 Å². The van der Waals surface area contributed by atoms with Crippen LogP contribution in [0.1, 0.15) is 24.0 Å². The molecule has 3 rings (SSSR count). The number of hydrogen-bond donors (Lipinski definition) is 1. The summed E-state index contributed by atoms with van der Waals surface area (Å²) in [6.45, 7) is 0. The third-order valence-corrected chi connectivity index (χ3v) is 3.48. The number of carboxylic acids is 1. The summed E-state index contributed by atoms with van der Waals surface area (Å²) >= 11 is 0. The third kappa shape index (κ3) is 1.69. The van der Waals surface area contributed by atoms with E-state index in [1.807, 2.05) is 18.2 Å². The van der Waals surface area contributed by atoms with Gasteiger partial charge in [0.2, 0.25) is 0 Å². The maximum absolute atomic E-state index is 10.7. The summed E-state index contributed by atoms with van der Waals surface area (Å²) in [4.78, 5) is 16.0. The van der Waals surface area contributed by atoms with Crippen molar-refractivity contribution in [1.82, 2.24) is 0 Å². The molecule has 1 aromatic rings. The monoisotopic (exact) mass is 231 g/mol. The lowest BCUT2D eigenvalue weighted by molar-refractivity contribution is -0.140. The zero-order chi connectivity index (χ0) is 11.8. The largest absolute Gasteiger partial charge is 0.481 e. The Bertz CT molecular complexity index is 495. The molecular weight excluding hydrogens is 218 g/mol. The summed E-state index contributed by atoms with van der Waals surface area (Å²) in [5, 5.41) is 12.9. The Morgan fingerprint density at radius 3 is 3.12 bits per heavy atom. The van der Waals surface area contributed by atoms with Gasteiger partial charge < -0.3 is 9.94 Å². The van der Waals surface area contributed by atoms with Crippen LogP contribution in [0.4, 0.5) is 0 Å². The summed E-state index contributed by atoms with van der Waals surface area (Å²) in [6.07, 6.45) is 1.63. The van der Waals surface area contributed by atoms with Crippen LogP contribution in [-0.2, 0) is 16.1 Å². The van der Waals surface area contributed by atoms with Gasteiger partial charge in [-0.25, -0.2) is 0 Å².